The third kappa shape index (κ3) is 5.17. The van der Waals surface area contributed by atoms with E-state index in [1.165, 1.54) is 11.8 Å². The number of rotatable bonds is 5. The fourth-order valence-electron chi connectivity index (χ4n) is 2.72. The molecule has 0 aliphatic carbocycles. The Morgan fingerprint density at radius 3 is 2.55 bits per heavy atom. The van der Waals surface area contributed by atoms with Crippen molar-refractivity contribution in [1.82, 2.24) is 4.98 Å². The molecule has 0 aliphatic rings. The van der Waals surface area contributed by atoms with Crippen molar-refractivity contribution < 1.29 is 4.79 Å². The van der Waals surface area contributed by atoms with Crippen molar-refractivity contribution in [3.8, 4) is 17.3 Å². The lowest BCUT2D eigenvalue weighted by Gasteiger charge is -2.15. The van der Waals surface area contributed by atoms with E-state index in [-0.39, 0.29) is 5.91 Å². The van der Waals surface area contributed by atoms with Crippen LogP contribution in [0.15, 0.2) is 59.6 Å². The second-order valence-electron chi connectivity index (χ2n) is 6.74. The quantitative estimate of drug-likeness (QED) is 0.512. The molecule has 1 heterocycles. The summed E-state index contributed by atoms with van der Waals surface area (Å²) < 4.78 is 0. The average Bonchev–Trinajstić information content (AvgIpc) is 2.71. The summed E-state index contributed by atoms with van der Waals surface area (Å²) in [7, 11) is 0. The molecule has 0 fully saturated rings. The highest BCUT2D eigenvalue weighted by atomic mass is 35.5. The number of hydrogen-bond acceptors (Lipinski definition) is 4. The second kappa shape index (κ2) is 9.13. The normalized spacial score (nSPS) is 11.6. The van der Waals surface area contributed by atoms with Gasteiger partial charge >= 0.3 is 0 Å². The van der Waals surface area contributed by atoms with E-state index in [1.54, 1.807) is 24.3 Å². The summed E-state index contributed by atoms with van der Waals surface area (Å²) in [6, 6.07) is 19.0. The summed E-state index contributed by atoms with van der Waals surface area (Å²) in [5.74, 6) is -0.133. The number of aryl methyl sites for hydroxylation is 2. The third-order valence-electron chi connectivity index (χ3n) is 4.43. The fourth-order valence-corrected chi connectivity index (χ4v) is 3.74. The van der Waals surface area contributed by atoms with E-state index in [2.05, 4.69) is 16.4 Å². The Kier molecular flexibility index (Phi) is 6.58. The zero-order valence-corrected chi connectivity index (χ0v) is 17.9. The summed E-state index contributed by atoms with van der Waals surface area (Å²) in [6.45, 7) is 5.75. The van der Waals surface area contributed by atoms with Crippen LogP contribution >= 0.6 is 23.4 Å². The molecule has 0 bridgehead atoms. The number of nitriles is 1. The van der Waals surface area contributed by atoms with Gasteiger partial charge in [-0.3, -0.25) is 4.79 Å². The highest BCUT2D eigenvalue weighted by Crippen LogP contribution is 2.29. The second-order valence-corrected chi connectivity index (χ2v) is 8.50. The lowest BCUT2D eigenvalue weighted by atomic mass is 10.1. The highest BCUT2D eigenvalue weighted by Gasteiger charge is 2.19. The predicted molar refractivity (Wildman–Crippen MR) is 119 cm³/mol. The fraction of sp³-hybridized carbons (Fsp3) is 0.174. The van der Waals surface area contributed by atoms with Gasteiger partial charge in [0.15, 0.2) is 0 Å². The van der Waals surface area contributed by atoms with Crippen LogP contribution in [0, 0.1) is 25.2 Å². The molecule has 1 N–H and O–H groups in total. The van der Waals surface area contributed by atoms with Crippen LogP contribution in [0.5, 0.6) is 0 Å². The van der Waals surface area contributed by atoms with Crippen LogP contribution in [0.25, 0.3) is 11.3 Å². The number of benzene rings is 2. The first kappa shape index (κ1) is 20.9. The molecule has 3 aromatic rings. The first-order valence-corrected chi connectivity index (χ1v) is 10.3. The Balaban J connectivity index is 1.81. The molecule has 1 amide bonds. The molecule has 0 spiro atoms. The molecule has 0 radical (unpaired) electrons. The van der Waals surface area contributed by atoms with Crippen LogP contribution in [0.1, 0.15) is 23.6 Å². The number of pyridine rings is 1. The maximum Gasteiger partial charge on any atom is 0.237 e. The Morgan fingerprint density at radius 2 is 1.86 bits per heavy atom. The van der Waals surface area contributed by atoms with Gasteiger partial charge in [-0.25, -0.2) is 4.98 Å². The molecule has 0 saturated carbocycles. The van der Waals surface area contributed by atoms with Gasteiger partial charge in [-0.1, -0.05) is 47.6 Å². The van der Waals surface area contributed by atoms with Crippen molar-refractivity contribution in [2.45, 2.75) is 31.0 Å². The smallest absolute Gasteiger partial charge is 0.237 e. The third-order valence-corrected chi connectivity index (χ3v) is 5.78. The molecule has 1 unspecified atom stereocenters. The van der Waals surface area contributed by atoms with Crippen LogP contribution in [-0.2, 0) is 4.79 Å². The highest BCUT2D eigenvalue weighted by molar-refractivity contribution is 8.00. The molecule has 2 aromatic carbocycles. The van der Waals surface area contributed by atoms with Crippen LogP contribution in [0.2, 0.25) is 5.02 Å². The van der Waals surface area contributed by atoms with Gasteiger partial charge in [-0.15, -0.1) is 0 Å². The Morgan fingerprint density at radius 1 is 1.14 bits per heavy atom. The van der Waals surface area contributed by atoms with E-state index >= 15 is 0 Å². The maximum atomic E-state index is 12.7. The minimum absolute atomic E-state index is 0.133. The van der Waals surface area contributed by atoms with E-state index in [9.17, 15) is 10.1 Å². The van der Waals surface area contributed by atoms with Gasteiger partial charge in [-0.2, -0.15) is 5.26 Å². The first-order chi connectivity index (χ1) is 13.9. The van der Waals surface area contributed by atoms with Crippen LogP contribution < -0.4 is 5.32 Å². The number of nitrogens with one attached hydrogen (secondary N) is 1. The van der Waals surface area contributed by atoms with Gasteiger partial charge < -0.3 is 5.32 Å². The molecule has 0 aliphatic heterocycles. The number of halogens is 1. The van der Waals surface area contributed by atoms with Crippen molar-refractivity contribution in [1.29, 1.82) is 5.26 Å². The molecule has 1 aromatic heterocycles. The van der Waals surface area contributed by atoms with Crippen molar-refractivity contribution in [3.63, 3.8) is 0 Å². The minimum atomic E-state index is -0.421. The minimum Gasteiger partial charge on any atom is -0.325 e. The molecule has 3 rings (SSSR count). The number of aromatic nitrogens is 1. The van der Waals surface area contributed by atoms with Gasteiger partial charge in [0, 0.05) is 16.3 Å². The Labute approximate surface area is 179 Å². The van der Waals surface area contributed by atoms with Gasteiger partial charge in [0.2, 0.25) is 5.91 Å². The summed E-state index contributed by atoms with van der Waals surface area (Å²) in [6.07, 6.45) is 0. The SMILES string of the molecule is Cc1ccc(C)c(NC(=O)C(C)Sc2nc(-c3ccc(Cl)cc3)ccc2C#N)c1. The molecule has 4 nitrogen and oxygen atoms in total. The summed E-state index contributed by atoms with van der Waals surface area (Å²) in [5, 5.41) is 13.2. The number of thioether (sulfide) groups is 1. The lowest BCUT2D eigenvalue weighted by Crippen LogP contribution is -2.23. The van der Waals surface area contributed by atoms with E-state index < -0.39 is 5.25 Å². The number of hydrogen-bond donors (Lipinski definition) is 1. The molecule has 6 heteroatoms. The molecular weight excluding hydrogens is 402 g/mol. The Hall–Kier alpha value is -2.81. The van der Waals surface area contributed by atoms with Gasteiger partial charge in [-0.05, 0) is 62.2 Å². The number of carbonyl (C=O) groups excluding carboxylic acids is 1. The summed E-state index contributed by atoms with van der Waals surface area (Å²) >= 11 is 7.23. The molecule has 1 atom stereocenters. The number of amides is 1. The van der Waals surface area contributed by atoms with Gasteiger partial charge in [0.05, 0.1) is 16.5 Å². The molecular formula is C23H20ClN3OS. The van der Waals surface area contributed by atoms with Gasteiger partial charge in [0.1, 0.15) is 11.1 Å². The standard InChI is InChI=1S/C23H20ClN3OS/c1-14-4-5-15(2)21(12-14)26-22(28)16(3)29-23-18(13-25)8-11-20(27-23)17-6-9-19(24)10-7-17/h4-12,16H,1-3H3,(H,26,28). The van der Waals surface area contributed by atoms with E-state index in [4.69, 9.17) is 11.6 Å². The van der Waals surface area contributed by atoms with Crippen molar-refractivity contribution in [3.05, 3.63) is 76.3 Å². The lowest BCUT2D eigenvalue weighted by molar-refractivity contribution is -0.115. The largest absolute Gasteiger partial charge is 0.325 e. The zero-order valence-electron chi connectivity index (χ0n) is 16.4. The number of carbonyl (C=O) groups is 1. The monoisotopic (exact) mass is 421 g/mol. The zero-order chi connectivity index (χ0) is 21.0. The topological polar surface area (TPSA) is 65.8 Å². The number of nitrogens with zero attached hydrogens (tertiary/aromatic N) is 2. The first-order valence-electron chi connectivity index (χ1n) is 9.09. The van der Waals surface area contributed by atoms with Crippen molar-refractivity contribution in [2.24, 2.45) is 0 Å². The van der Waals surface area contributed by atoms with E-state index in [1.807, 2.05) is 51.1 Å². The average molecular weight is 422 g/mol. The molecule has 146 valence electrons. The molecule has 29 heavy (non-hydrogen) atoms. The number of anilines is 1. The maximum absolute atomic E-state index is 12.7. The predicted octanol–water partition coefficient (Wildman–Crippen LogP) is 6.01. The molecule has 0 saturated heterocycles. The van der Waals surface area contributed by atoms with Gasteiger partial charge in [0.25, 0.3) is 0 Å². The van der Waals surface area contributed by atoms with E-state index in [0.717, 1.165) is 28.1 Å². The van der Waals surface area contributed by atoms with Crippen molar-refractivity contribution >= 4 is 35.0 Å². The van der Waals surface area contributed by atoms with Crippen LogP contribution in [0.3, 0.4) is 0 Å². The van der Waals surface area contributed by atoms with Crippen molar-refractivity contribution in [2.75, 3.05) is 5.32 Å². The Bertz CT molecular complexity index is 1090. The van der Waals surface area contributed by atoms with Crippen LogP contribution in [0.4, 0.5) is 5.69 Å². The summed E-state index contributed by atoms with van der Waals surface area (Å²) in [5.41, 5.74) is 4.94. The van der Waals surface area contributed by atoms with Crippen LogP contribution in [-0.4, -0.2) is 16.1 Å². The van der Waals surface area contributed by atoms with E-state index in [0.29, 0.717) is 15.6 Å². The summed E-state index contributed by atoms with van der Waals surface area (Å²) in [4.78, 5) is 17.3.